The van der Waals surface area contributed by atoms with Gasteiger partial charge >= 0.3 is 0 Å². The van der Waals surface area contributed by atoms with Crippen molar-refractivity contribution in [1.29, 1.82) is 0 Å². The molecule has 1 aromatic rings. The fourth-order valence-electron chi connectivity index (χ4n) is 2.06. The van der Waals surface area contributed by atoms with Gasteiger partial charge in [-0.25, -0.2) is 26.3 Å². The highest BCUT2D eigenvalue weighted by Crippen LogP contribution is 2.43. The first-order valence-electron chi connectivity index (χ1n) is 6.18. The van der Waals surface area contributed by atoms with Crippen molar-refractivity contribution in [2.24, 2.45) is 0 Å². The van der Waals surface area contributed by atoms with E-state index in [2.05, 4.69) is 4.74 Å². The van der Waals surface area contributed by atoms with E-state index >= 15 is 0 Å². The van der Waals surface area contributed by atoms with Crippen molar-refractivity contribution < 1.29 is 31.1 Å². The van der Waals surface area contributed by atoms with Crippen LogP contribution in [0.4, 0.5) is 26.3 Å². The second-order valence-corrected chi connectivity index (χ2v) is 4.92. The Kier molecular flexibility index (Phi) is 4.31. The van der Waals surface area contributed by atoms with E-state index in [1.807, 2.05) is 0 Å². The van der Waals surface area contributed by atoms with Crippen molar-refractivity contribution in [3.05, 3.63) is 47.3 Å². The third-order valence-electron chi connectivity index (χ3n) is 3.24. The highest BCUT2D eigenvalue weighted by Gasteiger charge is 2.41. The lowest BCUT2D eigenvalue weighted by Gasteiger charge is -2.25. The second kappa shape index (κ2) is 5.74. The van der Waals surface area contributed by atoms with Gasteiger partial charge in [0.05, 0.1) is 7.11 Å². The molecular formula is C14H10BF6O. The summed E-state index contributed by atoms with van der Waals surface area (Å²) < 4.78 is 86.7. The SMILES string of the molecule is COc1cc(F)c([B]C2C(F)=CC(C)(F)C(F)=C2F)c(F)c1. The van der Waals surface area contributed by atoms with Crippen molar-refractivity contribution in [3.8, 4) is 5.75 Å². The average Bonchev–Trinajstić information content (AvgIpc) is 2.42. The van der Waals surface area contributed by atoms with Gasteiger partial charge in [-0.1, -0.05) is 0 Å². The number of methoxy groups -OCH3 is 1. The largest absolute Gasteiger partial charge is 0.497 e. The third kappa shape index (κ3) is 2.87. The van der Waals surface area contributed by atoms with Crippen LogP contribution in [0, 0.1) is 11.6 Å². The standard InChI is InChI=1S/C14H10BF6O/c1-14(21)5-9(18)11(12(19)13(14)20)15-10-7(16)3-6(22-2)4-8(10)17/h3-5,11H,1-2H3. The van der Waals surface area contributed by atoms with Crippen LogP contribution in [0.3, 0.4) is 0 Å². The third-order valence-corrected chi connectivity index (χ3v) is 3.24. The lowest BCUT2D eigenvalue weighted by atomic mass is 9.56. The van der Waals surface area contributed by atoms with E-state index in [9.17, 15) is 26.3 Å². The molecule has 0 aliphatic heterocycles. The Morgan fingerprint density at radius 1 is 1.09 bits per heavy atom. The first-order valence-corrected chi connectivity index (χ1v) is 6.18. The molecule has 0 heterocycles. The van der Waals surface area contributed by atoms with Crippen LogP contribution in [-0.2, 0) is 0 Å². The van der Waals surface area contributed by atoms with Gasteiger partial charge in [0.25, 0.3) is 0 Å². The number of hydrogen-bond donors (Lipinski definition) is 0. The molecular weight excluding hydrogens is 309 g/mol. The summed E-state index contributed by atoms with van der Waals surface area (Å²) in [5.74, 6) is -9.42. The molecule has 0 fully saturated rings. The van der Waals surface area contributed by atoms with E-state index in [0.29, 0.717) is 14.2 Å². The Morgan fingerprint density at radius 2 is 1.64 bits per heavy atom. The maximum atomic E-state index is 13.8. The number of rotatable bonds is 3. The highest BCUT2D eigenvalue weighted by atomic mass is 19.2. The van der Waals surface area contributed by atoms with E-state index in [4.69, 9.17) is 0 Å². The molecule has 1 radical (unpaired) electrons. The normalized spacial score (nSPS) is 25.1. The van der Waals surface area contributed by atoms with Crippen LogP contribution in [0.15, 0.2) is 35.7 Å². The summed E-state index contributed by atoms with van der Waals surface area (Å²) in [6.45, 7) is 0.631. The minimum atomic E-state index is -2.94. The van der Waals surface area contributed by atoms with E-state index < -0.39 is 46.1 Å². The van der Waals surface area contributed by atoms with Crippen molar-refractivity contribution in [2.75, 3.05) is 7.11 Å². The van der Waals surface area contributed by atoms with E-state index in [1.165, 1.54) is 7.11 Å². The minimum Gasteiger partial charge on any atom is -0.497 e. The van der Waals surface area contributed by atoms with E-state index in [-0.39, 0.29) is 11.8 Å². The fraction of sp³-hybridized carbons (Fsp3) is 0.286. The summed E-state index contributed by atoms with van der Waals surface area (Å²) >= 11 is 0. The first-order chi connectivity index (χ1) is 10.2. The van der Waals surface area contributed by atoms with Gasteiger partial charge in [0, 0.05) is 17.9 Å². The van der Waals surface area contributed by atoms with Crippen molar-refractivity contribution in [3.63, 3.8) is 0 Å². The van der Waals surface area contributed by atoms with Gasteiger partial charge in [-0.15, -0.1) is 0 Å². The van der Waals surface area contributed by atoms with Crippen LogP contribution >= 0.6 is 0 Å². The number of halogens is 6. The molecule has 0 saturated heterocycles. The molecule has 1 aliphatic carbocycles. The van der Waals surface area contributed by atoms with Gasteiger partial charge in [0.1, 0.15) is 29.0 Å². The summed E-state index contributed by atoms with van der Waals surface area (Å²) in [6.07, 6.45) is 0.228. The number of hydrogen-bond acceptors (Lipinski definition) is 1. The average molecular weight is 319 g/mol. The first kappa shape index (κ1) is 16.5. The molecule has 2 unspecified atom stereocenters. The van der Waals surface area contributed by atoms with Crippen molar-refractivity contribution >= 4 is 12.7 Å². The monoisotopic (exact) mass is 319 g/mol. The second-order valence-electron chi connectivity index (χ2n) is 4.92. The van der Waals surface area contributed by atoms with E-state index in [1.54, 1.807) is 0 Å². The van der Waals surface area contributed by atoms with Gasteiger partial charge in [-0.05, 0) is 18.5 Å². The quantitative estimate of drug-likeness (QED) is 0.608. The Hall–Kier alpha value is -1.86. The molecule has 2 atom stereocenters. The molecule has 1 aromatic carbocycles. The van der Waals surface area contributed by atoms with Crippen LogP contribution in [0.2, 0.25) is 5.82 Å². The van der Waals surface area contributed by atoms with Crippen LogP contribution in [0.25, 0.3) is 0 Å². The zero-order valence-corrected chi connectivity index (χ0v) is 11.6. The number of ether oxygens (including phenoxy) is 1. The van der Waals surface area contributed by atoms with Crippen LogP contribution in [-0.4, -0.2) is 20.1 Å². The summed E-state index contributed by atoms with van der Waals surface area (Å²) in [5.41, 5.74) is -3.70. The predicted molar refractivity (Wildman–Crippen MR) is 70.0 cm³/mol. The molecule has 1 aliphatic rings. The van der Waals surface area contributed by atoms with Crippen molar-refractivity contribution in [2.45, 2.75) is 18.4 Å². The van der Waals surface area contributed by atoms with Gasteiger partial charge < -0.3 is 4.74 Å². The molecule has 0 aromatic heterocycles. The Bertz CT molecular complexity index is 644. The maximum absolute atomic E-state index is 13.8. The van der Waals surface area contributed by atoms with Crippen LogP contribution in [0.1, 0.15) is 6.92 Å². The van der Waals surface area contributed by atoms with E-state index in [0.717, 1.165) is 12.1 Å². The zero-order valence-electron chi connectivity index (χ0n) is 11.6. The fourth-order valence-corrected chi connectivity index (χ4v) is 2.06. The zero-order chi connectivity index (χ0) is 16.7. The van der Waals surface area contributed by atoms with Gasteiger partial charge in [-0.2, -0.15) is 0 Å². The predicted octanol–water partition coefficient (Wildman–Crippen LogP) is 3.84. The molecule has 2 rings (SSSR count). The maximum Gasteiger partial charge on any atom is 0.182 e. The molecule has 0 N–H and O–H groups in total. The van der Waals surface area contributed by atoms with Crippen LogP contribution < -0.4 is 10.2 Å². The lowest BCUT2D eigenvalue weighted by Crippen LogP contribution is -2.31. The van der Waals surface area contributed by atoms with Crippen LogP contribution in [0.5, 0.6) is 5.75 Å². The smallest absolute Gasteiger partial charge is 0.182 e. The van der Waals surface area contributed by atoms with Crippen molar-refractivity contribution in [1.82, 2.24) is 0 Å². The molecule has 0 spiro atoms. The lowest BCUT2D eigenvalue weighted by molar-refractivity contribution is 0.233. The summed E-state index contributed by atoms with van der Waals surface area (Å²) in [4.78, 5) is 0. The molecule has 0 saturated carbocycles. The molecule has 0 bridgehead atoms. The van der Waals surface area contributed by atoms with Gasteiger partial charge in [-0.3, -0.25) is 0 Å². The Balaban J connectivity index is 2.40. The molecule has 1 nitrogen and oxygen atoms in total. The summed E-state index contributed by atoms with van der Waals surface area (Å²) in [6, 6.07) is 1.60. The highest BCUT2D eigenvalue weighted by molar-refractivity contribution is 6.56. The Labute approximate surface area is 123 Å². The summed E-state index contributed by atoms with van der Waals surface area (Å²) in [5, 5.41) is 0. The number of alkyl halides is 1. The number of benzene rings is 1. The molecule has 117 valence electrons. The van der Waals surface area contributed by atoms with Gasteiger partial charge in [0.15, 0.2) is 18.8 Å². The molecule has 8 heteroatoms. The minimum absolute atomic E-state index is 0.134. The molecule has 0 amide bonds. The topological polar surface area (TPSA) is 9.23 Å². The summed E-state index contributed by atoms with van der Waals surface area (Å²) in [7, 11) is 1.70. The Morgan fingerprint density at radius 3 is 2.14 bits per heavy atom. The van der Waals surface area contributed by atoms with Gasteiger partial charge in [0.2, 0.25) is 0 Å². The number of allylic oxidation sites excluding steroid dienone is 4. The molecule has 22 heavy (non-hydrogen) atoms.